The molecule has 0 amide bonds. The number of aldehydes is 1. The van der Waals surface area contributed by atoms with Gasteiger partial charge in [-0.2, -0.15) is 17.2 Å². The molecule has 0 spiro atoms. The van der Waals surface area contributed by atoms with Gasteiger partial charge >= 0.3 is 11.4 Å². The zero-order chi connectivity index (χ0) is 27.6. The van der Waals surface area contributed by atoms with E-state index in [0.717, 1.165) is 47.9 Å². The van der Waals surface area contributed by atoms with Crippen LogP contribution < -0.4 is 9.47 Å². The average Bonchev–Trinajstić information content (AvgIpc) is 3.43. The predicted octanol–water partition coefficient (Wildman–Crippen LogP) is 4.89. The Hall–Kier alpha value is -2.65. The summed E-state index contributed by atoms with van der Waals surface area (Å²) in [6.45, 7) is 0.989. The number of carbonyl (C=O) groups excluding carboxylic acids is 1. The standard InChI is InChI=1S/C26H24N2O7S4/c29-17-18-7-9-22-21(15-18)27(12-4-14-39(32,33)34)24(36-22)16-25-28(11-3-13-35-38(30)31)26-20-6-2-1-5-19(20)8-10-23(26)37-25/h1-2,5-10,15-17H,3-4,11-14H2,(H-,30,31,32,33,34)/p+1. The van der Waals surface area contributed by atoms with Crippen LogP contribution in [0, 0.1) is 0 Å². The Morgan fingerprint density at radius 3 is 2.69 bits per heavy atom. The van der Waals surface area contributed by atoms with Gasteiger partial charge in [0.25, 0.3) is 15.1 Å². The van der Waals surface area contributed by atoms with Crippen molar-refractivity contribution in [2.24, 2.45) is 0 Å². The second-order valence-corrected chi connectivity index (χ2v) is 13.2. The van der Waals surface area contributed by atoms with E-state index in [1.165, 1.54) is 11.8 Å². The first-order valence-electron chi connectivity index (χ1n) is 12.0. The topological polar surface area (TPSA) is 125 Å². The molecule has 9 nitrogen and oxygen atoms in total. The fourth-order valence-corrected chi connectivity index (χ4v) is 7.67. The van der Waals surface area contributed by atoms with Crippen LogP contribution in [0.15, 0.2) is 64.5 Å². The highest BCUT2D eigenvalue weighted by atomic mass is 32.2. The van der Waals surface area contributed by atoms with Crippen LogP contribution in [0.4, 0.5) is 5.69 Å². The Labute approximate surface area is 236 Å². The summed E-state index contributed by atoms with van der Waals surface area (Å²) in [5.74, 6) is -0.370. The number of hydrogen-bond acceptors (Lipinski definition) is 8. The van der Waals surface area contributed by atoms with Gasteiger partial charge in [0.05, 0.1) is 34.5 Å². The van der Waals surface area contributed by atoms with Crippen LogP contribution in [0.3, 0.4) is 0 Å². The van der Waals surface area contributed by atoms with Crippen LogP contribution in [0.25, 0.3) is 27.1 Å². The maximum atomic E-state index is 11.5. The molecule has 0 radical (unpaired) electrons. The molecule has 2 N–H and O–H groups in total. The van der Waals surface area contributed by atoms with Gasteiger partial charge in [-0.05, 0) is 36.1 Å². The summed E-state index contributed by atoms with van der Waals surface area (Å²) in [5.41, 5.74) is 2.37. The minimum absolute atomic E-state index is 0.116. The van der Waals surface area contributed by atoms with Gasteiger partial charge in [0, 0.05) is 23.4 Å². The molecule has 1 unspecified atom stereocenters. The number of thioether (sulfide) groups is 1. The highest BCUT2D eigenvalue weighted by molar-refractivity contribution is 8.03. The number of rotatable bonds is 11. The maximum absolute atomic E-state index is 11.5. The van der Waals surface area contributed by atoms with Crippen molar-refractivity contribution in [1.29, 1.82) is 0 Å². The molecule has 0 bridgehead atoms. The zero-order valence-electron chi connectivity index (χ0n) is 20.6. The quantitative estimate of drug-likeness (QED) is 0.0809. The van der Waals surface area contributed by atoms with Gasteiger partial charge < -0.3 is 4.90 Å². The fourth-order valence-electron chi connectivity index (χ4n) is 4.60. The molecule has 0 fully saturated rings. The third-order valence-corrected chi connectivity index (χ3v) is 9.63. The lowest BCUT2D eigenvalue weighted by molar-refractivity contribution is -0.668. The van der Waals surface area contributed by atoms with Crippen molar-refractivity contribution < 1.29 is 35.3 Å². The van der Waals surface area contributed by atoms with Gasteiger partial charge in [0.15, 0.2) is 6.54 Å². The highest BCUT2D eigenvalue weighted by Gasteiger charge is 2.29. The van der Waals surface area contributed by atoms with Crippen molar-refractivity contribution in [2.45, 2.75) is 24.3 Å². The first kappa shape index (κ1) is 27.9. The summed E-state index contributed by atoms with van der Waals surface area (Å²) >= 11 is 0.809. The number of carbonyl (C=O) groups is 1. The SMILES string of the molecule is O=Cc1ccc2c(c1)N(CCCS(=O)(=O)O)C(=Cc1sc3ccc4ccccc4c3[n+]1CCCOS(=O)O)S2. The molecule has 204 valence electrons. The maximum Gasteiger partial charge on any atom is 0.301 e. The predicted molar refractivity (Wildman–Crippen MR) is 155 cm³/mol. The molecule has 1 aromatic heterocycles. The monoisotopic (exact) mass is 605 g/mol. The van der Waals surface area contributed by atoms with Crippen LogP contribution in [0.1, 0.15) is 28.2 Å². The molecule has 1 atom stereocenters. The Balaban J connectivity index is 1.58. The molecule has 13 heteroatoms. The minimum atomic E-state index is -4.11. The van der Waals surface area contributed by atoms with Crippen LogP contribution >= 0.6 is 23.1 Å². The van der Waals surface area contributed by atoms with Crippen molar-refractivity contribution in [2.75, 3.05) is 23.8 Å². The van der Waals surface area contributed by atoms with Crippen molar-refractivity contribution in [3.05, 3.63) is 70.2 Å². The van der Waals surface area contributed by atoms with Crippen molar-refractivity contribution >= 4 is 83.6 Å². The van der Waals surface area contributed by atoms with Gasteiger partial charge in [0.2, 0.25) is 5.52 Å². The van der Waals surface area contributed by atoms with Gasteiger partial charge in [0.1, 0.15) is 11.0 Å². The summed E-state index contributed by atoms with van der Waals surface area (Å²) in [4.78, 5) is 14.4. The van der Waals surface area contributed by atoms with Crippen molar-refractivity contribution in [3.8, 4) is 0 Å². The first-order chi connectivity index (χ1) is 18.7. The second kappa shape index (κ2) is 11.8. The zero-order valence-corrected chi connectivity index (χ0v) is 23.8. The fraction of sp³-hybridized carbons (Fsp3) is 0.231. The number of fused-ring (bicyclic) bond motifs is 4. The Morgan fingerprint density at radius 2 is 1.92 bits per heavy atom. The van der Waals surface area contributed by atoms with E-state index in [-0.39, 0.29) is 18.8 Å². The lowest BCUT2D eigenvalue weighted by Gasteiger charge is -2.20. The van der Waals surface area contributed by atoms with E-state index in [1.807, 2.05) is 29.2 Å². The summed E-state index contributed by atoms with van der Waals surface area (Å²) in [6, 6.07) is 17.7. The van der Waals surface area contributed by atoms with Crippen molar-refractivity contribution in [1.82, 2.24) is 0 Å². The number of nitrogens with zero attached hydrogens (tertiary/aromatic N) is 2. The Kier molecular flexibility index (Phi) is 8.47. The van der Waals surface area contributed by atoms with Crippen molar-refractivity contribution in [3.63, 3.8) is 0 Å². The van der Waals surface area contributed by atoms with E-state index in [4.69, 9.17) is 8.74 Å². The van der Waals surface area contributed by atoms with E-state index in [9.17, 15) is 22.0 Å². The molecule has 3 aromatic carbocycles. The number of aromatic nitrogens is 1. The van der Waals surface area contributed by atoms with E-state index in [2.05, 4.69) is 28.8 Å². The molecule has 0 saturated carbocycles. The summed E-state index contributed by atoms with van der Waals surface area (Å²) in [7, 11) is -4.11. The average molecular weight is 606 g/mol. The normalized spacial score (nSPS) is 15.3. The Bertz CT molecular complexity index is 1720. The summed E-state index contributed by atoms with van der Waals surface area (Å²) in [5, 5.41) is 3.99. The Morgan fingerprint density at radius 1 is 1.10 bits per heavy atom. The molecule has 39 heavy (non-hydrogen) atoms. The van der Waals surface area contributed by atoms with Crippen LogP contribution in [0.2, 0.25) is 0 Å². The van der Waals surface area contributed by atoms with Gasteiger partial charge in [-0.15, -0.1) is 0 Å². The van der Waals surface area contributed by atoms with Gasteiger partial charge in [-0.25, -0.2) is 0 Å². The number of anilines is 1. The largest absolute Gasteiger partial charge is 0.335 e. The number of benzene rings is 3. The molecule has 2 heterocycles. The number of aryl methyl sites for hydroxylation is 1. The molecule has 0 aliphatic carbocycles. The highest BCUT2D eigenvalue weighted by Crippen LogP contribution is 2.47. The summed E-state index contributed by atoms with van der Waals surface area (Å²) < 4.78 is 60.1. The molecule has 1 aliphatic rings. The van der Waals surface area contributed by atoms with Crippen LogP contribution in [0.5, 0.6) is 0 Å². The van der Waals surface area contributed by atoms with E-state index in [1.54, 1.807) is 23.5 Å². The van der Waals surface area contributed by atoms with Crippen LogP contribution in [-0.2, 0) is 32.2 Å². The van der Waals surface area contributed by atoms with E-state index >= 15 is 0 Å². The van der Waals surface area contributed by atoms with Gasteiger partial charge in [-0.3, -0.25) is 18.1 Å². The van der Waals surface area contributed by atoms with Gasteiger partial charge in [-0.1, -0.05) is 53.4 Å². The molecule has 0 saturated heterocycles. The number of thiazole rings is 1. The lowest BCUT2D eigenvalue weighted by atomic mass is 10.1. The molecule has 4 aromatic rings. The smallest absolute Gasteiger partial charge is 0.301 e. The molecule has 5 rings (SSSR count). The first-order valence-corrected chi connectivity index (χ1v) is 16.3. The third-order valence-electron chi connectivity index (χ3n) is 6.25. The molecule has 1 aliphatic heterocycles. The summed E-state index contributed by atoms with van der Waals surface area (Å²) in [6.07, 6.45) is 3.53. The lowest BCUT2D eigenvalue weighted by Crippen LogP contribution is -2.36. The number of hydrogen-bond donors (Lipinski definition) is 2. The molecular weight excluding hydrogens is 581 g/mol. The van der Waals surface area contributed by atoms with Crippen LogP contribution in [-0.4, -0.2) is 46.9 Å². The van der Waals surface area contributed by atoms with E-state index in [0.29, 0.717) is 25.1 Å². The van der Waals surface area contributed by atoms with E-state index < -0.39 is 21.5 Å². The second-order valence-electron chi connectivity index (χ2n) is 8.84. The minimum Gasteiger partial charge on any atom is -0.335 e. The third kappa shape index (κ3) is 6.40. The molecular formula is C26H25N2O7S4+.